The van der Waals surface area contributed by atoms with E-state index in [1.807, 2.05) is 0 Å². The molecule has 0 aliphatic heterocycles. The second kappa shape index (κ2) is 7.91. The lowest BCUT2D eigenvalue weighted by atomic mass is 9.44. The zero-order chi connectivity index (χ0) is 19.9. The number of amides is 1. The fourth-order valence-corrected chi connectivity index (χ4v) is 8.49. The van der Waals surface area contributed by atoms with Crippen LogP contribution in [0.15, 0.2) is 0 Å². The molecule has 0 bridgehead atoms. The summed E-state index contributed by atoms with van der Waals surface area (Å²) in [6, 6.07) is 0. The van der Waals surface area contributed by atoms with Crippen LogP contribution >= 0.6 is 0 Å². The molecule has 0 aromatic heterocycles. The summed E-state index contributed by atoms with van der Waals surface area (Å²) in [5.74, 6) is 4.20. The largest absolute Gasteiger partial charge is 0.393 e. The second-order valence-corrected chi connectivity index (χ2v) is 11.0. The van der Waals surface area contributed by atoms with Crippen LogP contribution in [0, 0.1) is 40.4 Å². The van der Waals surface area contributed by atoms with Gasteiger partial charge in [0.15, 0.2) is 0 Å². The predicted octanol–water partition coefficient (Wildman–Crippen LogP) is 4.85. The summed E-state index contributed by atoms with van der Waals surface area (Å²) < 4.78 is 0. The number of hydrogen-bond donors (Lipinski definition) is 2. The van der Waals surface area contributed by atoms with Gasteiger partial charge in [0.2, 0.25) is 5.91 Å². The van der Waals surface area contributed by atoms with Gasteiger partial charge in [0.25, 0.3) is 0 Å². The van der Waals surface area contributed by atoms with Crippen molar-refractivity contribution in [2.45, 2.75) is 97.0 Å². The van der Waals surface area contributed by atoms with Crippen LogP contribution in [-0.4, -0.2) is 24.2 Å². The fraction of sp³-hybridized carbons (Fsp3) is 0.958. The first-order valence-corrected chi connectivity index (χ1v) is 11.9. The third-order valence-electron chi connectivity index (χ3n) is 10.0. The Hall–Kier alpha value is -0.610. The lowest BCUT2D eigenvalue weighted by Crippen LogP contribution is -2.53. The van der Waals surface area contributed by atoms with Gasteiger partial charge in [-0.25, -0.2) is 5.48 Å². The molecule has 4 saturated carbocycles. The topological polar surface area (TPSA) is 58.6 Å². The summed E-state index contributed by atoms with van der Waals surface area (Å²) in [5, 5.41) is 10.2. The SMILES string of the molecule is CONC(=O)CCCC1CCC2C3CCC4C[C@H](O)CCC4(C)C3CCC12C. The molecule has 1 amide bonds. The highest BCUT2D eigenvalue weighted by molar-refractivity contribution is 5.74. The highest BCUT2D eigenvalue weighted by atomic mass is 16.6. The monoisotopic (exact) mass is 391 g/mol. The average Bonchev–Trinajstić information content (AvgIpc) is 2.99. The number of aliphatic hydroxyl groups is 1. The van der Waals surface area contributed by atoms with Gasteiger partial charge in [-0.15, -0.1) is 0 Å². The van der Waals surface area contributed by atoms with E-state index in [-0.39, 0.29) is 12.0 Å². The summed E-state index contributed by atoms with van der Waals surface area (Å²) >= 11 is 0. The van der Waals surface area contributed by atoms with Crippen LogP contribution < -0.4 is 5.48 Å². The number of hydrogen-bond acceptors (Lipinski definition) is 3. The third-order valence-corrected chi connectivity index (χ3v) is 10.0. The number of nitrogens with one attached hydrogen (secondary N) is 1. The molecule has 4 nitrogen and oxygen atoms in total. The summed E-state index contributed by atoms with van der Waals surface area (Å²) in [7, 11) is 1.50. The van der Waals surface area contributed by atoms with E-state index in [9.17, 15) is 9.90 Å². The lowest BCUT2D eigenvalue weighted by Gasteiger charge is -2.61. The molecule has 8 atom stereocenters. The Bertz CT molecular complexity index is 580. The van der Waals surface area contributed by atoms with Crippen LogP contribution in [0.3, 0.4) is 0 Å². The van der Waals surface area contributed by atoms with Crippen molar-refractivity contribution in [3.05, 3.63) is 0 Å². The molecule has 7 unspecified atom stereocenters. The van der Waals surface area contributed by atoms with Gasteiger partial charge >= 0.3 is 0 Å². The molecule has 4 heteroatoms. The molecule has 28 heavy (non-hydrogen) atoms. The minimum absolute atomic E-state index is 0.0108. The zero-order valence-electron chi connectivity index (χ0n) is 18.2. The molecular weight excluding hydrogens is 350 g/mol. The van der Waals surface area contributed by atoms with Gasteiger partial charge in [-0.2, -0.15) is 0 Å². The smallest absolute Gasteiger partial charge is 0.243 e. The molecule has 160 valence electrons. The normalized spacial score (nSPS) is 47.7. The molecule has 2 N–H and O–H groups in total. The van der Waals surface area contributed by atoms with Crippen LogP contribution in [0.2, 0.25) is 0 Å². The van der Waals surface area contributed by atoms with Crippen LogP contribution in [0.5, 0.6) is 0 Å². The Morgan fingerprint density at radius 3 is 2.57 bits per heavy atom. The lowest BCUT2D eigenvalue weighted by molar-refractivity contribution is -0.132. The molecule has 0 aromatic rings. The van der Waals surface area contributed by atoms with E-state index in [0.29, 0.717) is 17.3 Å². The minimum Gasteiger partial charge on any atom is -0.393 e. The molecule has 0 radical (unpaired) electrons. The fourth-order valence-electron chi connectivity index (χ4n) is 8.49. The number of fused-ring (bicyclic) bond motifs is 5. The second-order valence-electron chi connectivity index (χ2n) is 11.0. The zero-order valence-corrected chi connectivity index (χ0v) is 18.2. The molecular formula is C24H41NO3. The van der Waals surface area contributed by atoms with E-state index in [0.717, 1.165) is 48.9 Å². The minimum atomic E-state index is -0.0466. The van der Waals surface area contributed by atoms with E-state index in [1.165, 1.54) is 58.5 Å². The third kappa shape index (κ3) is 3.43. The maximum absolute atomic E-state index is 11.7. The van der Waals surface area contributed by atoms with Gasteiger partial charge in [0.05, 0.1) is 13.2 Å². The predicted molar refractivity (Wildman–Crippen MR) is 110 cm³/mol. The number of rotatable bonds is 5. The molecule has 4 rings (SSSR count). The van der Waals surface area contributed by atoms with E-state index in [2.05, 4.69) is 19.3 Å². The maximum Gasteiger partial charge on any atom is 0.243 e. The van der Waals surface area contributed by atoms with Crippen molar-refractivity contribution in [1.82, 2.24) is 5.48 Å². The highest BCUT2D eigenvalue weighted by Crippen LogP contribution is 2.67. The van der Waals surface area contributed by atoms with Crippen molar-refractivity contribution in [2.24, 2.45) is 40.4 Å². The summed E-state index contributed by atoms with van der Waals surface area (Å²) in [6.07, 6.45) is 14.3. The Balaban J connectivity index is 1.41. The van der Waals surface area contributed by atoms with E-state index in [4.69, 9.17) is 4.84 Å². The number of carbonyl (C=O) groups excluding carboxylic acids is 1. The van der Waals surface area contributed by atoms with E-state index in [1.54, 1.807) is 0 Å². The van der Waals surface area contributed by atoms with Crippen LogP contribution in [0.1, 0.15) is 90.9 Å². The van der Waals surface area contributed by atoms with Crippen molar-refractivity contribution >= 4 is 5.91 Å². The quantitative estimate of drug-likeness (QED) is 0.658. The Kier molecular flexibility index (Phi) is 5.83. The molecule has 0 saturated heterocycles. The van der Waals surface area contributed by atoms with Gasteiger partial charge in [0.1, 0.15) is 0 Å². The molecule has 0 aromatic carbocycles. The Labute approximate surface area is 171 Å². The van der Waals surface area contributed by atoms with Crippen molar-refractivity contribution in [1.29, 1.82) is 0 Å². The molecule has 0 spiro atoms. The number of aliphatic hydroxyl groups excluding tert-OH is 1. The number of carbonyl (C=O) groups is 1. The van der Waals surface area contributed by atoms with Gasteiger partial charge in [0, 0.05) is 6.42 Å². The number of hydroxylamine groups is 1. The Morgan fingerprint density at radius 1 is 1.04 bits per heavy atom. The van der Waals surface area contributed by atoms with Gasteiger partial charge < -0.3 is 5.11 Å². The first kappa shape index (κ1) is 20.7. The van der Waals surface area contributed by atoms with E-state index >= 15 is 0 Å². The van der Waals surface area contributed by atoms with E-state index < -0.39 is 0 Å². The van der Waals surface area contributed by atoms with Crippen molar-refractivity contribution in [2.75, 3.05) is 7.11 Å². The standard InChI is InChI=1S/C24H41NO3/c1-23-14-12-21-19(9-7-17-15-18(26)11-13-24(17,21)2)20(23)10-8-16(23)5-4-6-22(27)25-28-3/h16-21,26H,4-15H2,1-3H3,(H,25,27)/t16?,17?,18-,19?,20?,21?,23?,24?/m1/s1. The first-order chi connectivity index (χ1) is 13.4. The van der Waals surface area contributed by atoms with Gasteiger partial charge in [-0.1, -0.05) is 13.8 Å². The molecule has 0 heterocycles. The van der Waals surface area contributed by atoms with Crippen LogP contribution in [-0.2, 0) is 9.63 Å². The maximum atomic E-state index is 11.7. The summed E-state index contributed by atoms with van der Waals surface area (Å²) in [6.45, 7) is 5.16. The Morgan fingerprint density at radius 2 is 1.79 bits per heavy atom. The molecule has 4 aliphatic carbocycles. The van der Waals surface area contributed by atoms with Gasteiger partial charge in [-0.3, -0.25) is 9.63 Å². The van der Waals surface area contributed by atoms with Crippen molar-refractivity contribution < 1.29 is 14.7 Å². The molecule has 4 fully saturated rings. The average molecular weight is 392 g/mol. The van der Waals surface area contributed by atoms with Crippen molar-refractivity contribution in [3.8, 4) is 0 Å². The first-order valence-electron chi connectivity index (χ1n) is 11.9. The highest BCUT2D eigenvalue weighted by Gasteiger charge is 2.59. The molecule has 4 aliphatic rings. The summed E-state index contributed by atoms with van der Waals surface area (Å²) in [5.41, 5.74) is 3.41. The van der Waals surface area contributed by atoms with Crippen molar-refractivity contribution in [3.63, 3.8) is 0 Å². The van der Waals surface area contributed by atoms with Crippen LogP contribution in [0.4, 0.5) is 0 Å². The van der Waals surface area contributed by atoms with Crippen LogP contribution in [0.25, 0.3) is 0 Å². The van der Waals surface area contributed by atoms with Gasteiger partial charge in [-0.05, 0) is 111 Å². The summed E-state index contributed by atoms with van der Waals surface area (Å²) in [4.78, 5) is 16.4.